The predicted octanol–water partition coefficient (Wildman–Crippen LogP) is 4.28. The predicted molar refractivity (Wildman–Crippen MR) is 107 cm³/mol. The van der Waals surface area contributed by atoms with E-state index in [1.807, 2.05) is 0 Å². The minimum absolute atomic E-state index is 0.0448. The van der Waals surface area contributed by atoms with Crippen molar-refractivity contribution in [3.8, 4) is 0 Å². The molecule has 2 aliphatic rings. The molecule has 0 aliphatic carbocycles. The van der Waals surface area contributed by atoms with Gasteiger partial charge in [-0.3, -0.25) is 4.79 Å². The first-order chi connectivity index (χ1) is 14.5. The second kappa shape index (κ2) is 7.51. The van der Waals surface area contributed by atoms with Crippen molar-refractivity contribution >= 4 is 27.1 Å². The second-order valence-corrected chi connectivity index (χ2v) is 10.2. The zero-order valence-corrected chi connectivity index (χ0v) is 17.4. The number of hydrogen-bond acceptors (Lipinski definition) is 4. The minimum Gasteiger partial charge on any atom is -0.322 e. The summed E-state index contributed by atoms with van der Waals surface area (Å²) in [4.78, 5) is 16.2. The summed E-state index contributed by atoms with van der Waals surface area (Å²) in [5.74, 6) is -1.01. The van der Waals surface area contributed by atoms with Crippen molar-refractivity contribution in [2.75, 3.05) is 23.1 Å². The van der Waals surface area contributed by atoms with Gasteiger partial charge in [0, 0.05) is 11.7 Å². The van der Waals surface area contributed by atoms with Gasteiger partial charge in [0.15, 0.2) is 0 Å². The van der Waals surface area contributed by atoms with Crippen LogP contribution in [0.3, 0.4) is 0 Å². The van der Waals surface area contributed by atoms with Gasteiger partial charge in [-0.25, -0.2) is 12.8 Å². The molecule has 0 radical (unpaired) electrons. The monoisotopic (exact) mass is 456 g/mol. The van der Waals surface area contributed by atoms with Crippen LogP contribution in [0.2, 0.25) is 0 Å². The van der Waals surface area contributed by atoms with Gasteiger partial charge >= 0.3 is 6.18 Å². The lowest BCUT2D eigenvalue weighted by Gasteiger charge is -2.43. The third kappa shape index (κ3) is 4.13. The summed E-state index contributed by atoms with van der Waals surface area (Å²) >= 11 is 0. The number of aryl methyl sites for hydroxylation is 1. The molecule has 0 saturated carbocycles. The number of hydrogen-bond donors (Lipinski definition) is 0. The van der Waals surface area contributed by atoms with Crippen molar-refractivity contribution in [2.24, 2.45) is 0 Å². The standard InChI is InChI=1S/C21H20F4N2O3S/c1-13-10-15(22)3-5-18(13)27-12-26(16-6-8-31(29,30)9-7-16)20(28)17-4-2-14(11-19(17)27)21(23,24)25/h2-5,10-11,16H,6-9,12H2,1H3. The molecule has 31 heavy (non-hydrogen) atoms. The number of carbonyl (C=O) groups excluding carboxylic acids is 1. The van der Waals surface area contributed by atoms with Crippen molar-refractivity contribution in [1.29, 1.82) is 0 Å². The molecule has 0 atom stereocenters. The van der Waals surface area contributed by atoms with Crippen molar-refractivity contribution in [2.45, 2.75) is 32.0 Å². The molecule has 5 nitrogen and oxygen atoms in total. The summed E-state index contributed by atoms with van der Waals surface area (Å²) in [7, 11) is -3.15. The number of fused-ring (bicyclic) bond motifs is 1. The van der Waals surface area contributed by atoms with Crippen LogP contribution in [0.15, 0.2) is 36.4 Å². The number of halogens is 4. The molecule has 1 saturated heterocycles. The zero-order valence-electron chi connectivity index (χ0n) is 16.6. The quantitative estimate of drug-likeness (QED) is 0.633. The molecule has 0 N–H and O–H groups in total. The van der Waals surface area contributed by atoms with Gasteiger partial charge in [0.25, 0.3) is 5.91 Å². The van der Waals surface area contributed by atoms with E-state index in [9.17, 15) is 30.8 Å². The van der Waals surface area contributed by atoms with E-state index in [1.54, 1.807) is 11.8 Å². The summed E-state index contributed by atoms with van der Waals surface area (Å²) in [6.45, 7) is 1.59. The number of sulfone groups is 1. The minimum atomic E-state index is -4.59. The molecule has 166 valence electrons. The fourth-order valence-corrected chi connectivity index (χ4v) is 5.62. The maximum Gasteiger partial charge on any atom is 0.416 e. The highest BCUT2D eigenvalue weighted by molar-refractivity contribution is 7.91. The first-order valence-corrected chi connectivity index (χ1v) is 11.5. The first-order valence-electron chi connectivity index (χ1n) is 9.72. The maximum atomic E-state index is 13.6. The molecular weight excluding hydrogens is 436 g/mol. The number of nitrogens with zero attached hydrogens (tertiary/aromatic N) is 2. The van der Waals surface area contributed by atoms with E-state index in [0.29, 0.717) is 11.3 Å². The molecule has 1 fully saturated rings. The Bertz CT molecular complexity index is 1130. The first kappa shape index (κ1) is 21.6. The Morgan fingerprint density at radius 2 is 1.68 bits per heavy atom. The average molecular weight is 456 g/mol. The summed E-state index contributed by atoms with van der Waals surface area (Å²) in [5, 5.41) is 0. The highest BCUT2D eigenvalue weighted by Gasteiger charge is 2.39. The number of carbonyl (C=O) groups is 1. The van der Waals surface area contributed by atoms with E-state index in [0.717, 1.165) is 18.2 Å². The summed E-state index contributed by atoms with van der Waals surface area (Å²) in [5.41, 5.74) is 0.276. The molecule has 4 rings (SSSR count). The molecule has 0 bridgehead atoms. The normalized spacial score (nSPS) is 19.5. The van der Waals surface area contributed by atoms with E-state index in [-0.39, 0.29) is 48.3 Å². The van der Waals surface area contributed by atoms with Crippen molar-refractivity contribution in [3.05, 3.63) is 58.9 Å². The summed E-state index contributed by atoms with van der Waals surface area (Å²) < 4.78 is 77.2. The molecule has 2 aliphatic heterocycles. The van der Waals surface area contributed by atoms with Crippen LogP contribution >= 0.6 is 0 Å². The van der Waals surface area contributed by atoms with E-state index in [1.165, 1.54) is 23.1 Å². The van der Waals surface area contributed by atoms with Crippen LogP contribution in [0.25, 0.3) is 0 Å². The number of alkyl halides is 3. The van der Waals surface area contributed by atoms with Crippen molar-refractivity contribution in [1.82, 2.24) is 4.90 Å². The molecule has 0 spiro atoms. The van der Waals surface area contributed by atoms with Gasteiger partial charge in [0.05, 0.1) is 35.0 Å². The Morgan fingerprint density at radius 1 is 1.00 bits per heavy atom. The van der Waals surface area contributed by atoms with Gasteiger partial charge in [0.1, 0.15) is 15.7 Å². The Morgan fingerprint density at radius 3 is 2.29 bits per heavy atom. The zero-order chi connectivity index (χ0) is 22.6. The van der Waals surface area contributed by atoms with E-state index in [4.69, 9.17) is 0 Å². The van der Waals surface area contributed by atoms with Gasteiger partial charge < -0.3 is 9.80 Å². The third-order valence-corrected chi connectivity index (χ3v) is 7.53. The van der Waals surface area contributed by atoms with Gasteiger partial charge in [-0.15, -0.1) is 0 Å². The van der Waals surface area contributed by atoms with Crippen LogP contribution in [0.5, 0.6) is 0 Å². The van der Waals surface area contributed by atoms with Crippen molar-refractivity contribution < 1.29 is 30.8 Å². The van der Waals surface area contributed by atoms with Gasteiger partial charge in [-0.2, -0.15) is 13.2 Å². The molecular formula is C21H20F4N2O3S. The molecule has 2 heterocycles. The van der Waals surface area contributed by atoms with Crippen LogP contribution in [0.4, 0.5) is 28.9 Å². The lowest BCUT2D eigenvalue weighted by molar-refractivity contribution is -0.137. The summed E-state index contributed by atoms with van der Waals surface area (Å²) in [6.07, 6.45) is -4.06. The van der Waals surface area contributed by atoms with E-state index < -0.39 is 33.3 Å². The van der Waals surface area contributed by atoms with Crippen LogP contribution in [0.1, 0.15) is 34.3 Å². The molecule has 0 unspecified atom stereocenters. The van der Waals surface area contributed by atoms with Crippen LogP contribution in [-0.4, -0.2) is 43.4 Å². The lowest BCUT2D eigenvalue weighted by atomic mass is 10.00. The molecule has 2 aromatic carbocycles. The highest BCUT2D eigenvalue weighted by Crippen LogP contribution is 2.40. The highest BCUT2D eigenvalue weighted by atomic mass is 32.2. The topological polar surface area (TPSA) is 57.7 Å². The van der Waals surface area contributed by atoms with Crippen LogP contribution in [0, 0.1) is 12.7 Å². The number of benzene rings is 2. The third-order valence-electron chi connectivity index (χ3n) is 5.82. The fourth-order valence-electron chi connectivity index (χ4n) is 4.16. The average Bonchev–Trinajstić information content (AvgIpc) is 2.68. The fraction of sp³-hybridized carbons (Fsp3) is 0.381. The largest absolute Gasteiger partial charge is 0.416 e. The van der Waals surface area contributed by atoms with E-state index >= 15 is 0 Å². The smallest absolute Gasteiger partial charge is 0.322 e. The molecule has 10 heteroatoms. The lowest BCUT2D eigenvalue weighted by Crippen LogP contribution is -2.52. The summed E-state index contributed by atoms with van der Waals surface area (Å²) in [6, 6.07) is 6.54. The second-order valence-electron chi connectivity index (χ2n) is 7.89. The van der Waals surface area contributed by atoms with Crippen LogP contribution in [-0.2, 0) is 16.0 Å². The molecule has 0 aromatic heterocycles. The Hall–Kier alpha value is -2.62. The number of amides is 1. The Balaban J connectivity index is 1.80. The van der Waals surface area contributed by atoms with E-state index in [2.05, 4.69) is 0 Å². The Labute approximate surface area is 177 Å². The molecule has 1 amide bonds. The molecule has 2 aromatic rings. The van der Waals surface area contributed by atoms with Crippen molar-refractivity contribution in [3.63, 3.8) is 0 Å². The van der Waals surface area contributed by atoms with Gasteiger partial charge in [-0.05, 0) is 61.7 Å². The maximum absolute atomic E-state index is 13.6. The van der Waals surface area contributed by atoms with Gasteiger partial charge in [-0.1, -0.05) is 0 Å². The van der Waals surface area contributed by atoms with Gasteiger partial charge in [0.2, 0.25) is 0 Å². The number of rotatable bonds is 2. The SMILES string of the molecule is Cc1cc(F)ccc1N1CN(C2CCS(=O)(=O)CC2)C(=O)c2ccc(C(F)(F)F)cc21. The Kier molecular flexibility index (Phi) is 5.23. The number of anilines is 2. The van der Waals surface area contributed by atoms with Crippen LogP contribution < -0.4 is 4.90 Å².